The highest BCUT2D eigenvalue weighted by atomic mass is 16.5. The van der Waals surface area contributed by atoms with Gasteiger partial charge in [-0.25, -0.2) is 0 Å². The smallest absolute Gasteiger partial charge is 0.257 e. The van der Waals surface area contributed by atoms with E-state index in [4.69, 9.17) is 13.7 Å². The second kappa shape index (κ2) is 8.02. The van der Waals surface area contributed by atoms with Crippen LogP contribution in [-0.4, -0.2) is 51.2 Å². The molecule has 2 saturated heterocycles. The van der Waals surface area contributed by atoms with Crippen molar-refractivity contribution in [3.05, 3.63) is 54.6 Å². The zero-order valence-electron chi connectivity index (χ0n) is 16.7. The Labute approximate surface area is 174 Å². The highest BCUT2D eigenvalue weighted by molar-refractivity contribution is 5.93. The molecule has 0 aliphatic carbocycles. The zero-order chi connectivity index (χ0) is 20.4. The van der Waals surface area contributed by atoms with E-state index in [1.165, 1.54) is 12.5 Å². The van der Waals surface area contributed by atoms with Gasteiger partial charge in [0.1, 0.15) is 6.26 Å². The molecule has 0 radical (unpaired) electrons. The van der Waals surface area contributed by atoms with E-state index in [1.54, 1.807) is 18.5 Å². The molecule has 1 amide bonds. The number of aromatic nitrogens is 3. The molecule has 3 aromatic rings. The van der Waals surface area contributed by atoms with Gasteiger partial charge in [0.05, 0.1) is 17.4 Å². The van der Waals surface area contributed by atoms with E-state index >= 15 is 0 Å². The predicted molar refractivity (Wildman–Crippen MR) is 106 cm³/mol. The summed E-state index contributed by atoms with van der Waals surface area (Å²) in [5, 5.41) is 4.11. The van der Waals surface area contributed by atoms with Crippen molar-refractivity contribution in [2.75, 3.05) is 19.7 Å². The molecular formula is C22H24N4O4. The molecule has 0 saturated carbocycles. The molecule has 8 heteroatoms. The van der Waals surface area contributed by atoms with Crippen molar-refractivity contribution in [1.29, 1.82) is 0 Å². The molecule has 2 fully saturated rings. The van der Waals surface area contributed by atoms with Gasteiger partial charge in [0.25, 0.3) is 5.91 Å². The average molecular weight is 408 g/mol. The van der Waals surface area contributed by atoms with Gasteiger partial charge in [-0.3, -0.25) is 9.78 Å². The number of furan rings is 1. The summed E-state index contributed by atoms with van der Waals surface area (Å²) in [5.74, 6) is 1.72. The van der Waals surface area contributed by atoms with E-state index in [2.05, 4.69) is 15.1 Å². The summed E-state index contributed by atoms with van der Waals surface area (Å²) in [6, 6.07) is 5.46. The van der Waals surface area contributed by atoms with E-state index in [0.29, 0.717) is 36.3 Å². The van der Waals surface area contributed by atoms with E-state index < -0.39 is 0 Å². The number of ether oxygens (including phenoxy) is 1. The lowest BCUT2D eigenvalue weighted by atomic mass is 9.78. The fourth-order valence-corrected chi connectivity index (χ4v) is 4.54. The molecule has 30 heavy (non-hydrogen) atoms. The Morgan fingerprint density at radius 3 is 2.80 bits per heavy atom. The van der Waals surface area contributed by atoms with Crippen LogP contribution in [0.4, 0.5) is 0 Å². The quantitative estimate of drug-likeness (QED) is 0.653. The fourth-order valence-electron chi connectivity index (χ4n) is 4.54. The lowest BCUT2D eigenvalue weighted by Crippen LogP contribution is -2.51. The average Bonchev–Trinajstić information content (AvgIpc) is 3.47. The molecule has 156 valence electrons. The first kappa shape index (κ1) is 19.0. The van der Waals surface area contributed by atoms with Crippen LogP contribution in [0.2, 0.25) is 0 Å². The molecule has 0 N–H and O–H groups in total. The Bertz CT molecular complexity index is 978. The Hall–Kier alpha value is -3.00. The van der Waals surface area contributed by atoms with E-state index in [9.17, 15) is 4.79 Å². The highest BCUT2D eigenvalue weighted by Gasteiger charge is 2.41. The van der Waals surface area contributed by atoms with Gasteiger partial charge in [-0.05, 0) is 49.8 Å². The molecule has 1 atom stereocenters. The largest absolute Gasteiger partial charge is 0.472 e. The first-order chi connectivity index (χ1) is 14.7. The van der Waals surface area contributed by atoms with Crippen molar-refractivity contribution in [3.63, 3.8) is 0 Å². The Morgan fingerprint density at radius 2 is 2.03 bits per heavy atom. The minimum atomic E-state index is -0.163. The number of amides is 1. The Morgan fingerprint density at radius 1 is 1.20 bits per heavy atom. The van der Waals surface area contributed by atoms with Crippen LogP contribution in [0.1, 0.15) is 41.9 Å². The number of rotatable bonds is 4. The summed E-state index contributed by atoms with van der Waals surface area (Å²) < 4.78 is 16.8. The number of carbonyl (C=O) groups excluding carboxylic acids is 1. The maximum Gasteiger partial charge on any atom is 0.257 e. The van der Waals surface area contributed by atoms with Gasteiger partial charge in [0.15, 0.2) is 0 Å². The first-order valence-electron chi connectivity index (χ1n) is 10.4. The summed E-state index contributed by atoms with van der Waals surface area (Å²) in [7, 11) is 0. The number of nitrogens with zero attached hydrogens (tertiary/aromatic N) is 4. The number of piperidine rings is 1. The summed E-state index contributed by atoms with van der Waals surface area (Å²) in [4.78, 5) is 23.0. The molecule has 1 spiro atoms. The molecule has 0 aromatic carbocycles. The van der Waals surface area contributed by atoms with Crippen molar-refractivity contribution in [1.82, 2.24) is 20.0 Å². The standard InChI is InChI=1S/C22H24N4O4/c27-21(18-4-11-28-15-18)26-9-5-22(6-10-26)14-16(3-12-29-22)13-19-24-20(25-30-19)17-1-7-23-8-2-17/h1-2,4,7-8,11,15-16H,3,5-6,9-10,12-14H2. The highest BCUT2D eigenvalue weighted by Crippen LogP contribution is 2.39. The van der Waals surface area contributed by atoms with Gasteiger partial charge in [-0.15, -0.1) is 0 Å². The molecule has 2 aliphatic rings. The first-order valence-corrected chi connectivity index (χ1v) is 10.4. The van der Waals surface area contributed by atoms with Gasteiger partial charge < -0.3 is 18.6 Å². The number of carbonyl (C=O) groups is 1. The van der Waals surface area contributed by atoms with Gasteiger partial charge in [-0.2, -0.15) is 4.98 Å². The van der Waals surface area contributed by atoms with Crippen LogP contribution in [-0.2, 0) is 11.2 Å². The van der Waals surface area contributed by atoms with Gasteiger partial charge in [-0.1, -0.05) is 5.16 Å². The molecule has 5 heterocycles. The molecular weight excluding hydrogens is 384 g/mol. The van der Waals surface area contributed by atoms with Crippen LogP contribution in [0.25, 0.3) is 11.4 Å². The number of likely N-dealkylation sites (tertiary alicyclic amines) is 1. The fraction of sp³-hybridized carbons (Fsp3) is 0.455. The third-order valence-corrected chi connectivity index (χ3v) is 6.19. The second-order valence-corrected chi connectivity index (χ2v) is 8.15. The zero-order valence-corrected chi connectivity index (χ0v) is 16.7. The van der Waals surface area contributed by atoms with Crippen molar-refractivity contribution < 1.29 is 18.5 Å². The SMILES string of the molecule is O=C(c1ccoc1)N1CCC2(CC1)CC(Cc1nc(-c3ccncc3)no1)CCO2. The van der Waals surface area contributed by atoms with E-state index in [0.717, 1.165) is 44.3 Å². The Balaban J connectivity index is 1.20. The van der Waals surface area contributed by atoms with Crippen molar-refractivity contribution in [2.45, 2.75) is 37.7 Å². The van der Waals surface area contributed by atoms with Crippen LogP contribution in [0.15, 0.2) is 52.1 Å². The predicted octanol–water partition coefficient (Wildman–Crippen LogP) is 3.37. The van der Waals surface area contributed by atoms with Crippen molar-refractivity contribution in [3.8, 4) is 11.4 Å². The minimum absolute atomic E-state index is 0.0282. The molecule has 1 unspecified atom stereocenters. The summed E-state index contributed by atoms with van der Waals surface area (Å²) in [6.45, 7) is 2.12. The topological polar surface area (TPSA) is 94.5 Å². The molecule has 0 bridgehead atoms. The monoisotopic (exact) mass is 408 g/mol. The maximum atomic E-state index is 12.6. The van der Waals surface area contributed by atoms with Gasteiger partial charge >= 0.3 is 0 Å². The van der Waals surface area contributed by atoms with Crippen LogP contribution in [0.3, 0.4) is 0 Å². The van der Waals surface area contributed by atoms with Gasteiger partial charge in [0, 0.05) is 44.1 Å². The van der Waals surface area contributed by atoms with Crippen LogP contribution in [0, 0.1) is 5.92 Å². The number of pyridine rings is 1. The summed E-state index contributed by atoms with van der Waals surface area (Å²) >= 11 is 0. The van der Waals surface area contributed by atoms with Crippen LogP contribution < -0.4 is 0 Å². The molecule has 5 rings (SSSR count). The summed E-state index contributed by atoms with van der Waals surface area (Å²) in [6.07, 6.45) is 10.9. The molecule has 8 nitrogen and oxygen atoms in total. The summed E-state index contributed by atoms with van der Waals surface area (Å²) in [5.41, 5.74) is 1.34. The maximum absolute atomic E-state index is 12.6. The lowest BCUT2D eigenvalue weighted by Gasteiger charge is -2.46. The molecule has 2 aliphatic heterocycles. The van der Waals surface area contributed by atoms with Crippen LogP contribution >= 0.6 is 0 Å². The van der Waals surface area contributed by atoms with Gasteiger partial charge in [0.2, 0.25) is 11.7 Å². The number of hydrogen-bond donors (Lipinski definition) is 0. The van der Waals surface area contributed by atoms with Crippen molar-refractivity contribution in [2.24, 2.45) is 5.92 Å². The third-order valence-electron chi connectivity index (χ3n) is 6.19. The normalized spacial score (nSPS) is 21.1. The number of hydrogen-bond acceptors (Lipinski definition) is 7. The van der Waals surface area contributed by atoms with Crippen molar-refractivity contribution >= 4 is 5.91 Å². The Kier molecular flexibility index (Phi) is 5.08. The molecule has 3 aromatic heterocycles. The van der Waals surface area contributed by atoms with E-state index in [1.807, 2.05) is 17.0 Å². The second-order valence-electron chi connectivity index (χ2n) is 8.15. The third kappa shape index (κ3) is 3.87. The minimum Gasteiger partial charge on any atom is -0.472 e. The van der Waals surface area contributed by atoms with E-state index in [-0.39, 0.29) is 11.5 Å². The lowest BCUT2D eigenvalue weighted by molar-refractivity contribution is -0.124. The van der Waals surface area contributed by atoms with Crippen LogP contribution in [0.5, 0.6) is 0 Å².